The highest BCUT2D eigenvalue weighted by Crippen LogP contribution is 2.18. The Hall–Kier alpha value is -0.910. The molecule has 0 spiro atoms. The quantitative estimate of drug-likeness (QED) is 0.780. The Morgan fingerprint density at radius 2 is 2.44 bits per heavy atom. The van der Waals surface area contributed by atoms with Crippen molar-refractivity contribution >= 4 is 22.9 Å². The molecule has 2 aromatic rings. The van der Waals surface area contributed by atoms with Crippen LogP contribution in [0.3, 0.4) is 0 Å². The average Bonchev–Trinajstić information content (AvgIpc) is 2.89. The van der Waals surface area contributed by atoms with Crippen molar-refractivity contribution in [1.82, 2.24) is 20.5 Å². The van der Waals surface area contributed by atoms with Gasteiger partial charge >= 0.3 is 0 Å². The Morgan fingerprint density at radius 1 is 1.50 bits per heavy atom. The number of thiophene rings is 1. The molecular weight excluding hydrogens is 244 g/mol. The third kappa shape index (κ3) is 3.59. The summed E-state index contributed by atoms with van der Waals surface area (Å²) in [6, 6.07) is 2.00. The second-order valence-electron chi connectivity index (χ2n) is 3.44. The summed E-state index contributed by atoms with van der Waals surface area (Å²) < 4.78 is 0. The van der Waals surface area contributed by atoms with E-state index in [-0.39, 0.29) is 0 Å². The van der Waals surface area contributed by atoms with Crippen LogP contribution in [0.2, 0.25) is 5.02 Å². The Bertz CT molecular complexity index is 412. The summed E-state index contributed by atoms with van der Waals surface area (Å²) in [5.41, 5.74) is 0. The monoisotopic (exact) mass is 256 g/mol. The van der Waals surface area contributed by atoms with Crippen LogP contribution >= 0.6 is 22.9 Å². The number of hydrogen-bond acceptors (Lipinski definition) is 4. The van der Waals surface area contributed by atoms with Gasteiger partial charge in [0, 0.05) is 23.2 Å². The van der Waals surface area contributed by atoms with Crippen molar-refractivity contribution in [3.05, 3.63) is 33.5 Å². The van der Waals surface area contributed by atoms with E-state index in [4.69, 9.17) is 11.6 Å². The molecule has 2 aromatic heterocycles. The number of halogens is 1. The third-order valence-corrected chi connectivity index (χ3v) is 3.44. The fraction of sp³-hybridized carbons (Fsp3) is 0.400. The van der Waals surface area contributed by atoms with Gasteiger partial charge in [-0.25, -0.2) is 4.98 Å². The van der Waals surface area contributed by atoms with Crippen molar-refractivity contribution in [2.75, 3.05) is 6.54 Å². The highest BCUT2D eigenvalue weighted by atomic mass is 35.5. The van der Waals surface area contributed by atoms with Crippen LogP contribution in [-0.4, -0.2) is 21.7 Å². The van der Waals surface area contributed by atoms with Gasteiger partial charge in [0.2, 0.25) is 0 Å². The maximum Gasteiger partial charge on any atom is 0.137 e. The number of nitrogens with zero attached hydrogens (tertiary/aromatic N) is 2. The minimum absolute atomic E-state index is 0.823. The number of aryl methyl sites for hydroxylation is 1. The molecule has 4 nitrogen and oxygen atoms in total. The molecule has 0 saturated heterocycles. The minimum atomic E-state index is 0.823. The SMILES string of the molecule is Clc1csc(CNCCCc2ncn[nH]2)c1. The van der Waals surface area contributed by atoms with Gasteiger partial charge in [0.1, 0.15) is 12.2 Å². The number of hydrogen-bond donors (Lipinski definition) is 2. The Labute approximate surface area is 103 Å². The predicted molar refractivity (Wildman–Crippen MR) is 65.7 cm³/mol. The lowest BCUT2D eigenvalue weighted by Crippen LogP contribution is -2.14. The van der Waals surface area contributed by atoms with Crippen molar-refractivity contribution in [1.29, 1.82) is 0 Å². The first kappa shape index (κ1) is 11.6. The molecule has 0 aliphatic rings. The molecule has 0 amide bonds. The zero-order chi connectivity index (χ0) is 11.2. The van der Waals surface area contributed by atoms with Gasteiger partial charge in [-0.15, -0.1) is 11.3 Å². The van der Waals surface area contributed by atoms with Gasteiger partial charge in [-0.3, -0.25) is 5.10 Å². The zero-order valence-corrected chi connectivity index (χ0v) is 10.3. The van der Waals surface area contributed by atoms with Crippen LogP contribution < -0.4 is 5.32 Å². The summed E-state index contributed by atoms with van der Waals surface area (Å²) in [4.78, 5) is 5.33. The van der Waals surface area contributed by atoms with E-state index in [1.165, 1.54) is 11.2 Å². The largest absolute Gasteiger partial charge is 0.312 e. The molecule has 0 atom stereocenters. The van der Waals surface area contributed by atoms with E-state index >= 15 is 0 Å². The lowest BCUT2D eigenvalue weighted by Gasteiger charge is -2.01. The van der Waals surface area contributed by atoms with Crippen molar-refractivity contribution in [2.45, 2.75) is 19.4 Å². The van der Waals surface area contributed by atoms with Crippen LogP contribution in [0.1, 0.15) is 17.1 Å². The van der Waals surface area contributed by atoms with E-state index in [9.17, 15) is 0 Å². The first-order valence-electron chi connectivity index (χ1n) is 5.12. The second kappa shape index (κ2) is 5.98. The highest BCUT2D eigenvalue weighted by Gasteiger charge is 1.98. The van der Waals surface area contributed by atoms with E-state index in [0.717, 1.165) is 36.8 Å². The topological polar surface area (TPSA) is 53.6 Å². The molecule has 0 radical (unpaired) electrons. The molecule has 0 fully saturated rings. The van der Waals surface area contributed by atoms with E-state index in [1.54, 1.807) is 11.3 Å². The number of rotatable bonds is 6. The van der Waals surface area contributed by atoms with Gasteiger partial charge in [-0.2, -0.15) is 5.10 Å². The first-order valence-corrected chi connectivity index (χ1v) is 6.38. The lowest BCUT2D eigenvalue weighted by molar-refractivity contribution is 0.644. The van der Waals surface area contributed by atoms with E-state index in [1.807, 2.05) is 11.4 Å². The molecule has 2 heterocycles. The lowest BCUT2D eigenvalue weighted by atomic mass is 10.3. The third-order valence-electron chi connectivity index (χ3n) is 2.15. The van der Waals surface area contributed by atoms with Crippen molar-refractivity contribution in [2.24, 2.45) is 0 Å². The van der Waals surface area contributed by atoms with E-state index in [0.29, 0.717) is 0 Å². The minimum Gasteiger partial charge on any atom is -0.312 e. The second-order valence-corrected chi connectivity index (χ2v) is 4.88. The molecule has 0 aromatic carbocycles. The fourth-order valence-corrected chi connectivity index (χ4v) is 2.43. The van der Waals surface area contributed by atoms with Crippen LogP contribution in [0.4, 0.5) is 0 Å². The molecule has 0 unspecified atom stereocenters. The summed E-state index contributed by atoms with van der Waals surface area (Å²) in [6.07, 6.45) is 3.52. The summed E-state index contributed by atoms with van der Waals surface area (Å²) >= 11 is 7.51. The molecule has 0 bridgehead atoms. The van der Waals surface area contributed by atoms with Crippen LogP contribution in [0, 0.1) is 0 Å². The van der Waals surface area contributed by atoms with Crippen LogP contribution in [0.15, 0.2) is 17.8 Å². The smallest absolute Gasteiger partial charge is 0.137 e. The zero-order valence-electron chi connectivity index (χ0n) is 8.74. The van der Waals surface area contributed by atoms with Gasteiger partial charge in [0.25, 0.3) is 0 Å². The fourth-order valence-electron chi connectivity index (χ4n) is 1.39. The first-order chi connectivity index (χ1) is 7.84. The average molecular weight is 257 g/mol. The molecular formula is C10H13ClN4S. The number of aromatic nitrogens is 3. The molecule has 16 heavy (non-hydrogen) atoms. The molecule has 2 rings (SSSR count). The normalized spacial score (nSPS) is 10.8. The Kier molecular flexibility index (Phi) is 4.33. The standard InChI is InChI=1S/C10H13ClN4S/c11-8-4-9(16-6-8)5-12-3-1-2-10-13-7-14-15-10/h4,6-7,12H,1-3,5H2,(H,13,14,15). The molecule has 0 aliphatic carbocycles. The van der Waals surface area contributed by atoms with Crippen LogP contribution in [-0.2, 0) is 13.0 Å². The molecule has 6 heteroatoms. The number of aromatic amines is 1. The van der Waals surface area contributed by atoms with E-state index < -0.39 is 0 Å². The van der Waals surface area contributed by atoms with Gasteiger partial charge < -0.3 is 5.32 Å². The molecule has 86 valence electrons. The Morgan fingerprint density at radius 3 is 3.12 bits per heavy atom. The van der Waals surface area contributed by atoms with Crippen LogP contribution in [0.5, 0.6) is 0 Å². The summed E-state index contributed by atoms with van der Waals surface area (Å²) in [5.74, 6) is 0.945. The van der Waals surface area contributed by atoms with Gasteiger partial charge in [0.05, 0.1) is 5.02 Å². The summed E-state index contributed by atoms with van der Waals surface area (Å²) in [5, 5.41) is 12.8. The number of H-pyrrole nitrogens is 1. The number of nitrogens with one attached hydrogen (secondary N) is 2. The summed E-state index contributed by atoms with van der Waals surface area (Å²) in [7, 11) is 0. The molecule has 0 aliphatic heterocycles. The molecule has 0 saturated carbocycles. The Balaban J connectivity index is 1.59. The van der Waals surface area contributed by atoms with Gasteiger partial charge in [-0.1, -0.05) is 11.6 Å². The van der Waals surface area contributed by atoms with Crippen LogP contribution in [0.25, 0.3) is 0 Å². The maximum absolute atomic E-state index is 5.83. The van der Waals surface area contributed by atoms with Crippen molar-refractivity contribution < 1.29 is 0 Å². The van der Waals surface area contributed by atoms with E-state index in [2.05, 4.69) is 20.5 Å². The maximum atomic E-state index is 5.83. The summed E-state index contributed by atoms with van der Waals surface area (Å²) in [6.45, 7) is 1.85. The van der Waals surface area contributed by atoms with Gasteiger partial charge in [0.15, 0.2) is 0 Å². The predicted octanol–water partition coefficient (Wildman–Crippen LogP) is 2.24. The highest BCUT2D eigenvalue weighted by molar-refractivity contribution is 7.10. The van der Waals surface area contributed by atoms with Gasteiger partial charge in [-0.05, 0) is 19.0 Å². The molecule has 2 N–H and O–H groups in total. The van der Waals surface area contributed by atoms with Crippen molar-refractivity contribution in [3.63, 3.8) is 0 Å². The van der Waals surface area contributed by atoms with Crippen molar-refractivity contribution in [3.8, 4) is 0 Å².